The van der Waals surface area contributed by atoms with Gasteiger partial charge in [-0.15, -0.1) is 0 Å². The Kier molecular flexibility index (Phi) is 5.31. The molecule has 5 heteroatoms. The number of benzene rings is 1. The molecule has 0 aliphatic heterocycles. The van der Waals surface area contributed by atoms with Gasteiger partial charge in [0.2, 0.25) is 0 Å². The molecule has 21 heavy (non-hydrogen) atoms. The summed E-state index contributed by atoms with van der Waals surface area (Å²) < 4.78 is 10.7. The third-order valence-corrected chi connectivity index (χ3v) is 3.93. The molecule has 0 heterocycles. The molecule has 1 aromatic carbocycles. The van der Waals surface area contributed by atoms with E-state index in [1.54, 1.807) is 14.2 Å². The van der Waals surface area contributed by atoms with Crippen LogP contribution in [0.15, 0.2) is 12.1 Å². The molecule has 2 amide bonds. The van der Waals surface area contributed by atoms with E-state index in [1.807, 2.05) is 19.1 Å². The van der Waals surface area contributed by atoms with Gasteiger partial charge in [-0.1, -0.05) is 12.8 Å². The van der Waals surface area contributed by atoms with Gasteiger partial charge in [-0.3, -0.25) is 0 Å². The van der Waals surface area contributed by atoms with Crippen LogP contribution in [0.1, 0.15) is 36.8 Å². The third kappa shape index (κ3) is 4.03. The van der Waals surface area contributed by atoms with Gasteiger partial charge >= 0.3 is 6.03 Å². The lowest BCUT2D eigenvalue weighted by molar-refractivity contribution is 0.236. The number of hydrogen-bond donors (Lipinski definition) is 2. The van der Waals surface area contributed by atoms with Crippen LogP contribution in [0.5, 0.6) is 11.5 Å². The third-order valence-electron chi connectivity index (χ3n) is 3.93. The molecule has 0 unspecified atom stereocenters. The van der Waals surface area contributed by atoms with E-state index < -0.39 is 0 Å². The molecule has 1 fully saturated rings. The van der Waals surface area contributed by atoms with E-state index in [9.17, 15) is 4.79 Å². The van der Waals surface area contributed by atoms with Crippen LogP contribution in [0.25, 0.3) is 0 Å². The van der Waals surface area contributed by atoms with Crippen LogP contribution in [0.2, 0.25) is 0 Å². The SMILES string of the molecule is COc1cc(CNC(=O)NC2CCCC2)c(OC)cc1C. The normalized spacial score (nSPS) is 14.8. The van der Waals surface area contributed by atoms with Gasteiger partial charge < -0.3 is 20.1 Å². The second-order valence-corrected chi connectivity index (χ2v) is 5.44. The van der Waals surface area contributed by atoms with Crippen molar-refractivity contribution in [1.29, 1.82) is 0 Å². The summed E-state index contributed by atoms with van der Waals surface area (Å²) in [5.41, 5.74) is 1.91. The van der Waals surface area contributed by atoms with E-state index in [0.29, 0.717) is 12.6 Å². The molecule has 0 atom stereocenters. The number of rotatable bonds is 5. The monoisotopic (exact) mass is 292 g/mol. The molecule has 1 aliphatic rings. The molecule has 0 spiro atoms. The summed E-state index contributed by atoms with van der Waals surface area (Å²) in [6, 6.07) is 4.03. The van der Waals surface area contributed by atoms with Crippen molar-refractivity contribution in [3.05, 3.63) is 23.3 Å². The predicted molar refractivity (Wildman–Crippen MR) is 81.9 cm³/mol. The van der Waals surface area contributed by atoms with Gasteiger partial charge in [0.1, 0.15) is 11.5 Å². The Balaban J connectivity index is 1.96. The number of nitrogens with one attached hydrogen (secondary N) is 2. The summed E-state index contributed by atoms with van der Waals surface area (Å²) in [5.74, 6) is 1.55. The maximum atomic E-state index is 11.9. The van der Waals surface area contributed by atoms with Crippen molar-refractivity contribution < 1.29 is 14.3 Å². The van der Waals surface area contributed by atoms with Crippen molar-refractivity contribution in [2.24, 2.45) is 0 Å². The summed E-state index contributed by atoms with van der Waals surface area (Å²) in [4.78, 5) is 11.9. The number of ether oxygens (including phenoxy) is 2. The summed E-state index contributed by atoms with van der Waals surface area (Å²) in [5, 5.41) is 5.89. The van der Waals surface area contributed by atoms with Crippen LogP contribution in [-0.2, 0) is 6.54 Å². The minimum Gasteiger partial charge on any atom is -0.496 e. The Morgan fingerprint density at radius 2 is 1.86 bits per heavy atom. The van der Waals surface area contributed by atoms with E-state index in [4.69, 9.17) is 9.47 Å². The summed E-state index contributed by atoms with van der Waals surface area (Å²) in [7, 11) is 3.27. The zero-order valence-corrected chi connectivity index (χ0v) is 13.0. The zero-order chi connectivity index (χ0) is 15.2. The number of carbonyl (C=O) groups is 1. The molecular formula is C16H24N2O3. The Bertz CT molecular complexity index is 497. The molecule has 5 nitrogen and oxygen atoms in total. The lowest BCUT2D eigenvalue weighted by Gasteiger charge is -2.15. The van der Waals surface area contributed by atoms with Crippen molar-refractivity contribution in [3.63, 3.8) is 0 Å². The molecule has 2 rings (SSSR count). The molecule has 1 saturated carbocycles. The fourth-order valence-corrected chi connectivity index (χ4v) is 2.73. The van der Waals surface area contributed by atoms with Crippen molar-refractivity contribution in [3.8, 4) is 11.5 Å². The van der Waals surface area contributed by atoms with Gasteiger partial charge in [0.25, 0.3) is 0 Å². The summed E-state index contributed by atoms with van der Waals surface area (Å²) in [6.07, 6.45) is 4.56. The number of hydrogen-bond acceptors (Lipinski definition) is 3. The Morgan fingerprint density at radius 1 is 1.19 bits per heavy atom. The Hall–Kier alpha value is -1.91. The zero-order valence-electron chi connectivity index (χ0n) is 13.0. The quantitative estimate of drug-likeness (QED) is 0.877. The van der Waals surface area contributed by atoms with E-state index in [0.717, 1.165) is 35.5 Å². The van der Waals surface area contributed by atoms with Crippen LogP contribution < -0.4 is 20.1 Å². The van der Waals surface area contributed by atoms with Gasteiger partial charge in [0, 0.05) is 18.2 Å². The summed E-state index contributed by atoms with van der Waals surface area (Å²) in [6.45, 7) is 2.38. The maximum absolute atomic E-state index is 11.9. The average Bonchev–Trinajstić information content (AvgIpc) is 2.98. The number of amides is 2. The second-order valence-electron chi connectivity index (χ2n) is 5.44. The lowest BCUT2D eigenvalue weighted by atomic mass is 10.1. The van der Waals surface area contributed by atoms with Gasteiger partial charge in [-0.05, 0) is 37.5 Å². The maximum Gasteiger partial charge on any atom is 0.315 e. The van der Waals surface area contributed by atoms with Crippen LogP contribution >= 0.6 is 0 Å². The first-order valence-electron chi connectivity index (χ1n) is 7.40. The molecule has 0 radical (unpaired) electrons. The second kappa shape index (κ2) is 7.20. The first kappa shape index (κ1) is 15.5. The Labute approximate surface area is 126 Å². The molecule has 1 aromatic rings. The van der Waals surface area contributed by atoms with Gasteiger partial charge in [0.05, 0.1) is 14.2 Å². The largest absolute Gasteiger partial charge is 0.496 e. The Morgan fingerprint density at radius 3 is 2.48 bits per heavy atom. The predicted octanol–water partition coefficient (Wildman–Crippen LogP) is 2.75. The molecule has 2 N–H and O–H groups in total. The van der Waals surface area contributed by atoms with Crippen molar-refractivity contribution >= 4 is 6.03 Å². The standard InChI is InChI=1S/C16H24N2O3/c1-11-8-15(21-3)12(9-14(11)20-2)10-17-16(19)18-13-6-4-5-7-13/h8-9,13H,4-7,10H2,1-3H3,(H2,17,18,19). The molecular weight excluding hydrogens is 268 g/mol. The highest BCUT2D eigenvalue weighted by molar-refractivity contribution is 5.74. The lowest BCUT2D eigenvalue weighted by Crippen LogP contribution is -2.40. The van der Waals surface area contributed by atoms with E-state index in [2.05, 4.69) is 10.6 Å². The summed E-state index contributed by atoms with van der Waals surface area (Å²) >= 11 is 0. The van der Waals surface area contributed by atoms with Crippen molar-refractivity contribution in [2.75, 3.05) is 14.2 Å². The molecule has 0 aromatic heterocycles. The molecule has 0 bridgehead atoms. The van der Waals surface area contributed by atoms with E-state index >= 15 is 0 Å². The van der Waals surface area contributed by atoms with E-state index in [-0.39, 0.29) is 6.03 Å². The smallest absolute Gasteiger partial charge is 0.315 e. The molecule has 0 saturated heterocycles. The average molecular weight is 292 g/mol. The highest BCUT2D eigenvalue weighted by Crippen LogP contribution is 2.28. The van der Waals surface area contributed by atoms with Crippen LogP contribution in [0.3, 0.4) is 0 Å². The first-order valence-corrected chi connectivity index (χ1v) is 7.40. The van der Waals surface area contributed by atoms with Crippen LogP contribution in [0.4, 0.5) is 4.79 Å². The number of aryl methyl sites for hydroxylation is 1. The molecule has 1 aliphatic carbocycles. The topological polar surface area (TPSA) is 59.6 Å². The first-order chi connectivity index (χ1) is 10.1. The fraction of sp³-hybridized carbons (Fsp3) is 0.562. The highest BCUT2D eigenvalue weighted by atomic mass is 16.5. The number of urea groups is 1. The number of methoxy groups -OCH3 is 2. The number of carbonyl (C=O) groups excluding carboxylic acids is 1. The van der Waals surface area contributed by atoms with Gasteiger partial charge in [-0.2, -0.15) is 0 Å². The minimum absolute atomic E-state index is 0.122. The van der Waals surface area contributed by atoms with Crippen LogP contribution in [0, 0.1) is 6.92 Å². The molecule has 116 valence electrons. The van der Waals surface area contributed by atoms with Crippen molar-refractivity contribution in [2.45, 2.75) is 45.2 Å². The van der Waals surface area contributed by atoms with Crippen molar-refractivity contribution in [1.82, 2.24) is 10.6 Å². The van der Waals surface area contributed by atoms with Gasteiger partial charge in [-0.25, -0.2) is 4.79 Å². The fourth-order valence-electron chi connectivity index (χ4n) is 2.73. The van der Waals surface area contributed by atoms with E-state index in [1.165, 1.54) is 12.8 Å². The minimum atomic E-state index is -0.122. The van der Waals surface area contributed by atoms with Crippen LogP contribution in [-0.4, -0.2) is 26.3 Å². The van der Waals surface area contributed by atoms with Gasteiger partial charge in [0.15, 0.2) is 0 Å². The highest BCUT2D eigenvalue weighted by Gasteiger charge is 2.17.